The molecule has 0 unspecified atom stereocenters. The largest absolute Gasteiger partial charge is 0.368 e. The molecule has 0 saturated carbocycles. The van der Waals surface area contributed by atoms with E-state index >= 15 is 0 Å². The summed E-state index contributed by atoms with van der Waals surface area (Å²) < 4.78 is 13.0. The summed E-state index contributed by atoms with van der Waals surface area (Å²) in [6.45, 7) is 3.87. The second kappa shape index (κ2) is 8.83. The van der Waals surface area contributed by atoms with Gasteiger partial charge in [0.2, 0.25) is 5.91 Å². The van der Waals surface area contributed by atoms with Crippen molar-refractivity contribution in [3.05, 3.63) is 30.1 Å². The van der Waals surface area contributed by atoms with Crippen LogP contribution in [0.1, 0.15) is 19.3 Å². The SMILES string of the molecule is O=C(NCCCN1CCCC1=O)C(=O)N1CCN(c2ccc(F)cc2)CC1. The standard InChI is InChI=1S/C19H25FN4O3/c20-15-4-6-16(7-5-15)22-11-13-24(14-12-22)19(27)18(26)21-8-2-10-23-9-1-3-17(23)25/h4-7H,1-3,8-14H2,(H,21,26). The molecule has 2 aliphatic rings. The Morgan fingerprint density at radius 3 is 2.37 bits per heavy atom. The molecule has 0 aromatic heterocycles. The number of amides is 3. The van der Waals surface area contributed by atoms with Gasteiger partial charge in [-0.15, -0.1) is 0 Å². The van der Waals surface area contributed by atoms with Crippen LogP contribution in [0, 0.1) is 5.82 Å². The molecule has 8 heteroatoms. The first-order valence-corrected chi connectivity index (χ1v) is 9.40. The number of likely N-dealkylation sites (tertiary alicyclic amines) is 1. The number of rotatable bonds is 5. The van der Waals surface area contributed by atoms with Crippen molar-refractivity contribution in [1.82, 2.24) is 15.1 Å². The minimum absolute atomic E-state index is 0.163. The number of nitrogens with zero attached hydrogens (tertiary/aromatic N) is 3. The van der Waals surface area contributed by atoms with Crippen molar-refractivity contribution < 1.29 is 18.8 Å². The van der Waals surface area contributed by atoms with Crippen LogP contribution in [0.15, 0.2) is 24.3 Å². The fourth-order valence-corrected chi connectivity index (χ4v) is 3.45. The number of nitrogens with one attached hydrogen (secondary N) is 1. The smallest absolute Gasteiger partial charge is 0.312 e. The Balaban J connectivity index is 1.37. The second-order valence-electron chi connectivity index (χ2n) is 6.85. The zero-order chi connectivity index (χ0) is 19.2. The monoisotopic (exact) mass is 376 g/mol. The van der Waals surface area contributed by atoms with E-state index in [4.69, 9.17) is 0 Å². The Bertz CT molecular complexity index is 687. The molecule has 7 nitrogen and oxygen atoms in total. The van der Waals surface area contributed by atoms with Crippen molar-refractivity contribution in [2.45, 2.75) is 19.3 Å². The van der Waals surface area contributed by atoms with Gasteiger partial charge in [-0.25, -0.2) is 4.39 Å². The highest BCUT2D eigenvalue weighted by Crippen LogP contribution is 2.17. The van der Waals surface area contributed by atoms with E-state index in [1.165, 1.54) is 12.1 Å². The van der Waals surface area contributed by atoms with E-state index in [9.17, 15) is 18.8 Å². The van der Waals surface area contributed by atoms with Gasteiger partial charge in [-0.3, -0.25) is 14.4 Å². The van der Waals surface area contributed by atoms with E-state index < -0.39 is 11.8 Å². The summed E-state index contributed by atoms with van der Waals surface area (Å²) in [5.74, 6) is -1.24. The zero-order valence-corrected chi connectivity index (χ0v) is 15.3. The summed E-state index contributed by atoms with van der Waals surface area (Å²) in [6, 6.07) is 6.25. The predicted molar refractivity (Wildman–Crippen MR) is 98.6 cm³/mol. The van der Waals surface area contributed by atoms with Gasteiger partial charge in [0, 0.05) is 57.9 Å². The maximum Gasteiger partial charge on any atom is 0.312 e. The van der Waals surface area contributed by atoms with Crippen LogP contribution < -0.4 is 10.2 Å². The van der Waals surface area contributed by atoms with Crippen molar-refractivity contribution in [3.63, 3.8) is 0 Å². The summed E-state index contributed by atoms with van der Waals surface area (Å²) >= 11 is 0. The molecular formula is C19H25FN4O3. The highest BCUT2D eigenvalue weighted by molar-refractivity contribution is 6.35. The fourth-order valence-electron chi connectivity index (χ4n) is 3.45. The first-order chi connectivity index (χ1) is 13.0. The van der Waals surface area contributed by atoms with Gasteiger partial charge in [0.25, 0.3) is 0 Å². The molecule has 0 bridgehead atoms. The Hall–Kier alpha value is -2.64. The van der Waals surface area contributed by atoms with Gasteiger partial charge < -0.3 is 20.0 Å². The van der Waals surface area contributed by atoms with Crippen LogP contribution in [0.25, 0.3) is 0 Å². The average Bonchev–Trinajstić information content (AvgIpc) is 3.10. The molecule has 2 fully saturated rings. The first-order valence-electron chi connectivity index (χ1n) is 9.40. The highest BCUT2D eigenvalue weighted by atomic mass is 19.1. The van der Waals surface area contributed by atoms with Crippen LogP contribution in [-0.2, 0) is 14.4 Å². The van der Waals surface area contributed by atoms with Crippen molar-refractivity contribution in [2.75, 3.05) is 50.7 Å². The molecule has 0 atom stereocenters. The van der Waals surface area contributed by atoms with E-state index in [0.717, 1.165) is 18.7 Å². The lowest BCUT2D eigenvalue weighted by Crippen LogP contribution is -2.52. The van der Waals surface area contributed by atoms with Crippen LogP contribution in [0.4, 0.5) is 10.1 Å². The van der Waals surface area contributed by atoms with Crippen LogP contribution in [-0.4, -0.2) is 73.3 Å². The molecule has 1 aromatic rings. The summed E-state index contributed by atoms with van der Waals surface area (Å²) in [5, 5.41) is 2.64. The third-order valence-corrected chi connectivity index (χ3v) is 5.01. The Morgan fingerprint density at radius 2 is 1.74 bits per heavy atom. The molecule has 1 aromatic carbocycles. The van der Waals surface area contributed by atoms with Crippen molar-refractivity contribution in [3.8, 4) is 0 Å². The molecule has 0 radical (unpaired) electrons. The molecule has 0 spiro atoms. The van der Waals surface area contributed by atoms with Gasteiger partial charge in [0.1, 0.15) is 5.82 Å². The molecular weight excluding hydrogens is 351 g/mol. The molecule has 3 amide bonds. The van der Waals surface area contributed by atoms with Gasteiger partial charge in [0.15, 0.2) is 0 Å². The van der Waals surface area contributed by atoms with E-state index in [1.807, 2.05) is 0 Å². The fraction of sp³-hybridized carbons (Fsp3) is 0.526. The van der Waals surface area contributed by atoms with Crippen molar-refractivity contribution >= 4 is 23.4 Å². The number of anilines is 1. The molecule has 2 heterocycles. The quantitative estimate of drug-likeness (QED) is 0.604. The number of carbonyl (C=O) groups is 3. The highest BCUT2D eigenvalue weighted by Gasteiger charge is 2.26. The third kappa shape index (κ3) is 4.96. The number of piperazine rings is 1. The van der Waals surface area contributed by atoms with Gasteiger partial charge in [-0.05, 0) is 37.1 Å². The minimum Gasteiger partial charge on any atom is -0.368 e. The number of hydrogen-bond donors (Lipinski definition) is 1. The lowest BCUT2D eigenvalue weighted by Gasteiger charge is -2.35. The molecule has 2 aliphatic heterocycles. The Morgan fingerprint density at radius 1 is 1.04 bits per heavy atom. The Labute approximate surface area is 158 Å². The maximum atomic E-state index is 13.0. The Kier molecular flexibility index (Phi) is 6.26. The van der Waals surface area contributed by atoms with Crippen LogP contribution >= 0.6 is 0 Å². The average molecular weight is 376 g/mol. The topological polar surface area (TPSA) is 73.0 Å². The van der Waals surface area contributed by atoms with Crippen molar-refractivity contribution in [1.29, 1.82) is 0 Å². The van der Waals surface area contributed by atoms with Gasteiger partial charge in [-0.1, -0.05) is 0 Å². The summed E-state index contributed by atoms with van der Waals surface area (Å²) in [6.07, 6.45) is 2.14. The zero-order valence-electron chi connectivity index (χ0n) is 15.3. The van der Waals surface area contributed by atoms with Gasteiger partial charge in [-0.2, -0.15) is 0 Å². The molecule has 3 rings (SSSR count). The minimum atomic E-state index is -0.599. The lowest BCUT2D eigenvalue weighted by atomic mass is 10.2. The number of halogens is 1. The summed E-state index contributed by atoms with van der Waals surface area (Å²) in [5.41, 5.74) is 0.907. The lowest BCUT2D eigenvalue weighted by molar-refractivity contribution is -0.146. The normalized spacial score (nSPS) is 17.4. The molecule has 2 saturated heterocycles. The van der Waals surface area contributed by atoms with Crippen LogP contribution in [0.3, 0.4) is 0 Å². The van der Waals surface area contributed by atoms with Crippen LogP contribution in [0.5, 0.6) is 0 Å². The van der Waals surface area contributed by atoms with E-state index in [2.05, 4.69) is 10.2 Å². The number of carbonyl (C=O) groups excluding carboxylic acids is 3. The van der Waals surface area contributed by atoms with E-state index in [0.29, 0.717) is 52.1 Å². The van der Waals surface area contributed by atoms with Crippen molar-refractivity contribution in [2.24, 2.45) is 0 Å². The summed E-state index contributed by atoms with van der Waals surface area (Å²) in [7, 11) is 0. The summed E-state index contributed by atoms with van der Waals surface area (Å²) in [4.78, 5) is 41.2. The van der Waals surface area contributed by atoms with Gasteiger partial charge >= 0.3 is 11.8 Å². The maximum absolute atomic E-state index is 13.0. The van der Waals surface area contributed by atoms with E-state index in [-0.39, 0.29) is 11.7 Å². The predicted octanol–water partition coefficient (Wildman–Crippen LogP) is 0.603. The molecule has 1 N–H and O–H groups in total. The van der Waals surface area contributed by atoms with Crippen LogP contribution in [0.2, 0.25) is 0 Å². The number of hydrogen-bond acceptors (Lipinski definition) is 4. The molecule has 0 aliphatic carbocycles. The van der Waals surface area contributed by atoms with E-state index in [1.54, 1.807) is 21.9 Å². The molecule has 146 valence electrons. The first kappa shape index (κ1) is 19.1. The molecule has 27 heavy (non-hydrogen) atoms. The third-order valence-electron chi connectivity index (χ3n) is 5.01. The van der Waals surface area contributed by atoms with Gasteiger partial charge in [0.05, 0.1) is 0 Å². The number of benzene rings is 1. The second-order valence-corrected chi connectivity index (χ2v) is 6.85.